The highest BCUT2D eigenvalue weighted by molar-refractivity contribution is 5.96. The minimum absolute atomic E-state index is 0.0836. The number of furan rings is 1. The first-order chi connectivity index (χ1) is 15.1. The zero-order chi connectivity index (χ0) is 22.1. The quantitative estimate of drug-likeness (QED) is 0.526. The lowest BCUT2D eigenvalue weighted by molar-refractivity contribution is -0.121. The molecule has 3 rings (SSSR count). The van der Waals surface area contributed by atoms with E-state index in [1.165, 1.54) is 0 Å². The van der Waals surface area contributed by atoms with Gasteiger partial charge in [0.05, 0.1) is 25.9 Å². The summed E-state index contributed by atoms with van der Waals surface area (Å²) in [5.74, 6) is 0.490. The zero-order valence-corrected chi connectivity index (χ0v) is 18.1. The van der Waals surface area contributed by atoms with Crippen LogP contribution in [-0.2, 0) is 16.1 Å². The third-order valence-corrected chi connectivity index (χ3v) is 4.95. The Kier molecular flexibility index (Phi) is 8.01. The number of carbonyl (C=O) groups is 2. The Bertz CT molecular complexity index is 971. The molecule has 0 bridgehead atoms. The van der Waals surface area contributed by atoms with Gasteiger partial charge in [-0.25, -0.2) is 0 Å². The molecule has 0 saturated carbocycles. The van der Waals surface area contributed by atoms with Gasteiger partial charge in [0.1, 0.15) is 5.76 Å². The first kappa shape index (κ1) is 22.3. The molecule has 0 unspecified atom stereocenters. The van der Waals surface area contributed by atoms with Crippen LogP contribution in [0.1, 0.15) is 24.7 Å². The molecule has 3 aromatic rings. The van der Waals surface area contributed by atoms with E-state index in [4.69, 9.17) is 4.42 Å². The summed E-state index contributed by atoms with van der Waals surface area (Å²) in [6.45, 7) is 5.27. The van der Waals surface area contributed by atoms with Gasteiger partial charge < -0.3 is 14.6 Å². The maximum absolute atomic E-state index is 13.3. The second kappa shape index (κ2) is 11.1. The van der Waals surface area contributed by atoms with E-state index in [0.29, 0.717) is 18.8 Å². The second-order valence-corrected chi connectivity index (χ2v) is 7.47. The van der Waals surface area contributed by atoms with Crippen molar-refractivity contribution in [2.75, 3.05) is 29.9 Å². The Hall–Kier alpha value is -3.38. The van der Waals surface area contributed by atoms with Crippen LogP contribution < -0.4 is 10.2 Å². The summed E-state index contributed by atoms with van der Waals surface area (Å²) in [5.41, 5.74) is 2.59. The monoisotopic (exact) mass is 419 g/mol. The maximum Gasteiger partial charge on any atom is 0.241 e. The molecule has 2 amide bonds. The van der Waals surface area contributed by atoms with E-state index in [9.17, 15) is 9.59 Å². The van der Waals surface area contributed by atoms with Crippen molar-refractivity contribution in [3.05, 3.63) is 84.3 Å². The number of amides is 2. The molecule has 2 aromatic carbocycles. The Morgan fingerprint density at radius 2 is 1.68 bits per heavy atom. The summed E-state index contributed by atoms with van der Waals surface area (Å²) < 4.78 is 5.46. The van der Waals surface area contributed by atoms with Crippen molar-refractivity contribution in [3.63, 3.8) is 0 Å². The molecule has 6 heteroatoms. The molecule has 1 aromatic heterocycles. The van der Waals surface area contributed by atoms with Crippen molar-refractivity contribution < 1.29 is 14.0 Å². The highest BCUT2D eigenvalue weighted by Gasteiger charge is 2.21. The molecule has 0 aliphatic rings. The van der Waals surface area contributed by atoms with E-state index in [2.05, 4.69) is 5.32 Å². The smallest absolute Gasteiger partial charge is 0.241 e. The molecule has 6 nitrogen and oxygen atoms in total. The molecule has 0 saturated heterocycles. The van der Waals surface area contributed by atoms with Crippen LogP contribution in [-0.4, -0.2) is 36.3 Å². The van der Waals surface area contributed by atoms with Crippen LogP contribution in [0.3, 0.4) is 0 Å². The molecule has 0 atom stereocenters. The van der Waals surface area contributed by atoms with E-state index in [1.54, 1.807) is 11.2 Å². The van der Waals surface area contributed by atoms with Gasteiger partial charge in [0.25, 0.3) is 0 Å². The molecule has 0 aliphatic heterocycles. The van der Waals surface area contributed by atoms with E-state index in [-0.39, 0.29) is 24.9 Å². The Balaban J connectivity index is 1.69. The fraction of sp³-hybridized carbons (Fsp3) is 0.280. The van der Waals surface area contributed by atoms with E-state index < -0.39 is 0 Å². The lowest BCUT2D eigenvalue weighted by Gasteiger charge is -2.26. The lowest BCUT2D eigenvalue weighted by atomic mass is 10.2. The number of para-hydroxylation sites is 2. The van der Waals surface area contributed by atoms with Crippen LogP contribution in [0.15, 0.2) is 77.4 Å². The summed E-state index contributed by atoms with van der Waals surface area (Å²) in [4.78, 5) is 29.5. The summed E-state index contributed by atoms with van der Waals surface area (Å²) in [7, 11) is 0. The topological polar surface area (TPSA) is 65.8 Å². The van der Waals surface area contributed by atoms with E-state index in [0.717, 1.165) is 23.4 Å². The van der Waals surface area contributed by atoms with Crippen molar-refractivity contribution in [3.8, 4) is 0 Å². The van der Waals surface area contributed by atoms with Gasteiger partial charge in [0.2, 0.25) is 11.8 Å². The minimum atomic E-state index is -0.132. The first-order valence-corrected chi connectivity index (χ1v) is 10.5. The standard InChI is InChI=1S/C25H29N3O3/c1-3-15-27(18-24(29)26-23-14-8-7-10-20(23)2)19-25(30)28(17-22-13-9-16-31-22)21-11-5-4-6-12-21/h4-14,16H,3,15,17-19H2,1-2H3,(H,26,29). The van der Waals surface area contributed by atoms with Gasteiger partial charge in [0.15, 0.2) is 0 Å². The van der Waals surface area contributed by atoms with Crippen molar-refractivity contribution in [1.29, 1.82) is 0 Å². The van der Waals surface area contributed by atoms with Crippen LogP contribution in [0.2, 0.25) is 0 Å². The summed E-state index contributed by atoms with van der Waals surface area (Å²) in [6, 6.07) is 20.8. The normalized spacial score (nSPS) is 10.8. The molecular formula is C25H29N3O3. The predicted octanol–water partition coefficient (Wildman–Crippen LogP) is 4.47. The molecule has 31 heavy (non-hydrogen) atoms. The number of anilines is 2. The van der Waals surface area contributed by atoms with Crippen LogP contribution in [0.5, 0.6) is 0 Å². The summed E-state index contributed by atoms with van der Waals surface area (Å²) >= 11 is 0. The molecule has 162 valence electrons. The van der Waals surface area contributed by atoms with Crippen molar-refractivity contribution >= 4 is 23.2 Å². The number of hydrogen-bond acceptors (Lipinski definition) is 4. The van der Waals surface area contributed by atoms with E-state index >= 15 is 0 Å². The number of carbonyl (C=O) groups excluding carboxylic acids is 2. The van der Waals surface area contributed by atoms with Crippen LogP contribution in [0.25, 0.3) is 0 Å². The lowest BCUT2D eigenvalue weighted by Crippen LogP contribution is -2.43. The Labute approximate surface area is 183 Å². The Morgan fingerprint density at radius 1 is 0.935 bits per heavy atom. The van der Waals surface area contributed by atoms with Crippen molar-refractivity contribution in [2.45, 2.75) is 26.8 Å². The third kappa shape index (κ3) is 6.55. The zero-order valence-electron chi connectivity index (χ0n) is 18.1. The highest BCUT2D eigenvalue weighted by atomic mass is 16.3. The van der Waals surface area contributed by atoms with Crippen molar-refractivity contribution in [2.24, 2.45) is 0 Å². The predicted molar refractivity (Wildman–Crippen MR) is 123 cm³/mol. The van der Waals surface area contributed by atoms with Gasteiger partial charge in [0, 0.05) is 11.4 Å². The fourth-order valence-corrected chi connectivity index (χ4v) is 3.40. The number of nitrogens with zero attached hydrogens (tertiary/aromatic N) is 2. The molecule has 1 N–H and O–H groups in total. The Morgan fingerprint density at radius 3 is 2.35 bits per heavy atom. The van der Waals surface area contributed by atoms with Crippen LogP contribution in [0.4, 0.5) is 11.4 Å². The number of nitrogens with one attached hydrogen (secondary N) is 1. The minimum Gasteiger partial charge on any atom is -0.467 e. The van der Waals surface area contributed by atoms with Gasteiger partial charge in [-0.15, -0.1) is 0 Å². The summed E-state index contributed by atoms with van der Waals surface area (Å²) in [5, 5.41) is 2.95. The molecule has 0 radical (unpaired) electrons. The van der Waals surface area contributed by atoms with Crippen molar-refractivity contribution in [1.82, 2.24) is 4.90 Å². The maximum atomic E-state index is 13.3. The molecule has 0 aliphatic carbocycles. The average Bonchev–Trinajstić information content (AvgIpc) is 3.28. The van der Waals surface area contributed by atoms with Gasteiger partial charge >= 0.3 is 0 Å². The van der Waals surface area contributed by atoms with Crippen LogP contribution >= 0.6 is 0 Å². The van der Waals surface area contributed by atoms with Crippen LogP contribution in [0, 0.1) is 6.92 Å². The molecular weight excluding hydrogens is 390 g/mol. The highest BCUT2D eigenvalue weighted by Crippen LogP contribution is 2.18. The number of benzene rings is 2. The first-order valence-electron chi connectivity index (χ1n) is 10.5. The average molecular weight is 420 g/mol. The number of aryl methyl sites for hydroxylation is 1. The SMILES string of the molecule is CCCN(CC(=O)Nc1ccccc1C)CC(=O)N(Cc1ccco1)c1ccccc1. The largest absolute Gasteiger partial charge is 0.467 e. The second-order valence-electron chi connectivity index (χ2n) is 7.47. The van der Waals surface area contributed by atoms with Gasteiger partial charge in [-0.3, -0.25) is 14.5 Å². The van der Waals surface area contributed by atoms with Gasteiger partial charge in [-0.2, -0.15) is 0 Å². The fourth-order valence-electron chi connectivity index (χ4n) is 3.40. The van der Waals surface area contributed by atoms with E-state index in [1.807, 2.05) is 85.5 Å². The van der Waals surface area contributed by atoms with Gasteiger partial charge in [-0.05, 0) is 55.8 Å². The van der Waals surface area contributed by atoms with Gasteiger partial charge in [-0.1, -0.05) is 43.3 Å². The molecule has 0 fully saturated rings. The third-order valence-electron chi connectivity index (χ3n) is 4.95. The number of hydrogen-bond donors (Lipinski definition) is 1. The molecule has 0 spiro atoms. The summed E-state index contributed by atoms with van der Waals surface area (Å²) in [6.07, 6.45) is 2.44. The number of rotatable bonds is 10. The molecule has 1 heterocycles.